The fraction of sp³-hybridized carbons (Fsp3) is 0.733. The monoisotopic (exact) mass is 909 g/mol. The molecule has 0 unspecified atom stereocenters. The molecule has 0 fully saturated rings. The van der Waals surface area contributed by atoms with Crippen molar-refractivity contribution in [1.82, 2.24) is 0 Å². The molecule has 1 heterocycles. The molecule has 2 nitrogen and oxygen atoms in total. The Hall–Kier alpha value is -1.99. The summed E-state index contributed by atoms with van der Waals surface area (Å²) in [6, 6.07) is 10.1. The molecule has 0 aliphatic carbocycles. The van der Waals surface area contributed by atoms with Crippen molar-refractivity contribution in [2.45, 2.75) is 285 Å². The average molecular weight is 910 g/mol. The van der Waals surface area contributed by atoms with Gasteiger partial charge in [-0.15, -0.1) is 0 Å². The van der Waals surface area contributed by atoms with E-state index in [9.17, 15) is 5.53 Å². The number of allylic oxidation sites excluding steroid dienone is 2. The molecule has 0 radical (unpaired) electrons. The SMILES string of the molecule is CCCCCCCCc1c(CCCCC)cc(C2=CC(CCCC)=C(c3cc(CCCCC)c(CCCCCCCC)c(CCCCC)c3)[N+]2=[N-])cc1CCCCC.C[CH2][Ni][CH2]C. The van der Waals surface area contributed by atoms with Crippen molar-refractivity contribution in [2.24, 2.45) is 0 Å². The molecule has 1 aliphatic heterocycles. The number of nitrogens with zero attached hydrogens (tertiary/aromatic N) is 2. The van der Waals surface area contributed by atoms with Gasteiger partial charge in [-0.3, -0.25) is 0 Å². The van der Waals surface area contributed by atoms with Crippen LogP contribution in [-0.4, -0.2) is 4.70 Å². The Morgan fingerprint density at radius 2 is 0.683 bits per heavy atom. The van der Waals surface area contributed by atoms with Crippen LogP contribution in [0.1, 0.15) is 280 Å². The Balaban J connectivity index is 0.00000257. The van der Waals surface area contributed by atoms with Gasteiger partial charge in [0.15, 0.2) is 0 Å². The van der Waals surface area contributed by atoms with Crippen LogP contribution in [0.5, 0.6) is 0 Å². The summed E-state index contributed by atoms with van der Waals surface area (Å²) in [5, 5.41) is 2.56. The van der Waals surface area contributed by atoms with Gasteiger partial charge in [-0.25, -0.2) is 4.70 Å². The number of hydrogen-bond donors (Lipinski definition) is 0. The van der Waals surface area contributed by atoms with Crippen LogP contribution in [0.15, 0.2) is 35.9 Å². The third-order valence-corrected chi connectivity index (χ3v) is 14.4. The van der Waals surface area contributed by atoms with Crippen molar-refractivity contribution >= 4 is 11.4 Å². The van der Waals surface area contributed by atoms with Crippen molar-refractivity contribution in [2.75, 3.05) is 0 Å². The predicted octanol–water partition coefficient (Wildman–Crippen LogP) is 20.4. The molecule has 63 heavy (non-hydrogen) atoms. The Morgan fingerprint density at radius 1 is 0.365 bits per heavy atom. The minimum atomic E-state index is 0.997. The molecular formula is C60H102N2Ni. The third kappa shape index (κ3) is 21.9. The van der Waals surface area contributed by atoms with Crippen molar-refractivity contribution in [3.63, 3.8) is 0 Å². The van der Waals surface area contributed by atoms with Crippen molar-refractivity contribution in [3.05, 3.63) is 86.0 Å². The molecule has 0 bridgehead atoms. The van der Waals surface area contributed by atoms with E-state index in [4.69, 9.17) is 0 Å². The second-order valence-corrected chi connectivity index (χ2v) is 20.7. The fourth-order valence-electron chi connectivity index (χ4n) is 9.62. The van der Waals surface area contributed by atoms with Gasteiger partial charge in [-0.1, -0.05) is 170 Å². The zero-order valence-corrected chi connectivity index (χ0v) is 44.3. The van der Waals surface area contributed by atoms with E-state index in [0.29, 0.717) is 0 Å². The van der Waals surface area contributed by atoms with E-state index in [1.807, 2.05) is 14.4 Å². The van der Waals surface area contributed by atoms with E-state index in [0.717, 1.165) is 56.3 Å². The van der Waals surface area contributed by atoms with Crippen molar-refractivity contribution in [3.8, 4) is 0 Å². The van der Waals surface area contributed by atoms with Crippen LogP contribution < -0.4 is 0 Å². The van der Waals surface area contributed by atoms with E-state index >= 15 is 0 Å². The molecule has 3 rings (SSSR count). The summed E-state index contributed by atoms with van der Waals surface area (Å²) in [5.41, 5.74) is 27.9. The number of aryl methyl sites for hydroxylation is 4. The molecule has 0 saturated carbocycles. The van der Waals surface area contributed by atoms with Crippen LogP contribution in [0.25, 0.3) is 16.9 Å². The van der Waals surface area contributed by atoms with Crippen LogP contribution in [0.4, 0.5) is 0 Å². The molecule has 0 spiro atoms. The van der Waals surface area contributed by atoms with E-state index in [1.54, 1.807) is 38.1 Å². The van der Waals surface area contributed by atoms with E-state index < -0.39 is 0 Å². The first-order chi connectivity index (χ1) is 30.9. The van der Waals surface area contributed by atoms with E-state index in [-0.39, 0.29) is 0 Å². The van der Waals surface area contributed by atoms with Gasteiger partial charge in [-0.2, -0.15) is 0 Å². The molecule has 0 N–H and O–H groups in total. The zero-order chi connectivity index (χ0) is 45.9. The van der Waals surface area contributed by atoms with E-state index in [2.05, 4.69) is 92.7 Å². The Kier molecular flexibility index (Phi) is 33.7. The summed E-state index contributed by atoms with van der Waals surface area (Å²) >= 11 is 1.82. The van der Waals surface area contributed by atoms with Gasteiger partial charge in [0.25, 0.3) is 0 Å². The molecule has 2 aromatic rings. The molecule has 0 aromatic heterocycles. The summed E-state index contributed by atoms with van der Waals surface area (Å²) in [6.45, 7) is 20.6. The normalized spacial score (nSPS) is 12.7. The maximum atomic E-state index is 12.6. The van der Waals surface area contributed by atoms with Crippen LogP contribution >= 0.6 is 0 Å². The molecule has 3 heteroatoms. The number of unbranched alkanes of at least 4 members (excludes halogenated alkanes) is 19. The number of rotatable bonds is 37. The molecule has 0 saturated heterocycles. The van der Waals surface area contributed by atoms with Crippen LogP contribution in [0.2, 0.25) is 10.8 Å². The first-order valence-electron chi connectivity index (χ1n) is 27.6. The topological polar surface area (TPSA) is 25.3 Å². The standard InChI is InChI=1S/C56H92N2.2C2H5.Ni/c1-8-15-22-24-26-32-39-53-46(35-28-17-10-3)41-51(42-47(53)36-29-18-11-4)55-45-50(34-21-14-7)56(58(55)57)52-43-48(37-30-19-12-5)54(40-33-27-25-23-16-9-2)49(44-52)38-31-20-13-6;2*1-2;/h41-45H,8-40H2,1-7H3;2*1H2,2H3;. The molecule has 2 aromatic carbocycles. The summed E-state index contributed by atoms with van der Waals surface area (Å²) in [7, 11) is 0. The van der Waals surface area contributed by atoms with Crippen LogP contribution in [0, 0.1) is 0 Å². The van der Waals surface area contributed by atoms with Gasteiger partial charge < -0.3 is 5.53 Å². The van der Waals surface area contributed by atoms with Crippen molar-refractivity contribution in [1.29, 1.82) is 0 Å². The van der Waals surface area contributed by atoms with Crippen LogP contribution in [-0.2, 0) is 53.0 Å². The predicted molar refractivity (Wildman–Crippen MR) is 279 cm³/mol. The van der Waals surface area contributed by atoms with Gasteiger partial charge in [0.1, 0.15) is 0 Å². The molecular weight excluding hydrogens is 807 g/mol. The summed E-state index contributed by atoms with van der Waals surface area (Å²) in [4.78, 5) is 0. The fourth-order valence-corrected chi connectivity index (χ4v) is 10.1. The number of benzene rings is 2. The summed E-state index contributed by atoms with van der Waals surface area (Å²) in [6.07, 6.45) is 43.9. The second-order valence-electron chi connectivity index (χ2n) is 18.8. The van der Waals surface area contributed by atoms with Crippen LogP contribution in [0.3, 0.4) is 0 Å². The Labute approximate surface area is 399 Å². The number of hydrogen-bond acceptors (Lipinski definition) is 0. The molecule has 1 aliphatic rings. The molecule has 0 atom stereocenters. The van der Waals surface area contributed by atoms with Gasteiger partial charge in [-0.05, 0) is 148 Å². The van der Waals surface area contributed by atoms with Gasteiger partial charge in [0, 0.05) is 22.8 Å². The van der Waals surface area contributed by atoms with Gasteiger partial charge in [0.2, 0.25) is 11.4 Å². The summed E-state index contributed by atoms with van der Waals surface area (Å²) < 4.78 is 1.65. The summed E-state index contributed by atoms with van der Waals surface area (Å²) in [5.74, 6) is 0. The first kappa shape index (κ1) is 57.1. The van der Waals surface area contributed by atoms with Gasteiger partial charge >= 0.3 is 39.1 Å². The second kappa shape index (κ2) is 37.1. The van der Waals surface area contributed by atoms with Gasteiger partial charge in [0.05, 0.1) is 0 Å². The zero-order valence-electron chi connectivity index (χ0n) is 43.3. The molecule has 362 valence electrons. The molecule has 0 amide bonds. The first-order valence-corrected chi connectivity index (χ1v) is 29.0. The minimum absolute atomic E-state index is 0.997. The average Bonchev–Trinajstić information content (AvgIpc) is 3.62. The van der Waals surface area contributed by atoms with Crippen molar-refractivity contribution < 1.29 is 19.1 Å². The Bertz CT molecular complexity index is 1500. The maximum absolute atomic E-state index is 12.6. The third-order valence-electron chi connectivity index (χ3n) is 13.4. The quantitative estimate of drug-likeness (QED) is 0.0367. The Morgan fingerprint density at radius 3 is 1.03 bits per heavy atom. The van der Waals surface area contributed by atoms with E-state index in [1.165, 1.54) is 194 Å².